The van der Waals surface area contributed by atoms with Crippen LogP contribution in [0.5, 0.6) is 0 Å². The van der Waals surface area contributed by atoms with Gasteiger partial charge in [-0.3, -0.25) is 4.79 Å². The van der Waals surface area contributed by atoms with E-state index in [4.69, 9.17) is 5.11 Å². The maximum absolute atomic E-state index is 12.9. The zero-order valence-electron chi connectivity index (χ0n) is 8.87. The molecule has 2 atom stereocenters. The molecule has 0 radical (unpaired) electrons. The third-order valence-electron chi connectivity index (χ3n) is 2.72. The smallest absolute Gasteiger partial charge is 0.309 e. The first-order chi connectivity index (χ1) is 7.26. The summed E-state index contributed by atoms with van der Waals surface area (Å²) in [6.07, 6.45) is 0. The van der Waals surface area contributed by atoms with E-state index < -0.39 is 29.1 Å². The van der Waals surface area contributed by atoms with Crippen molar-refractivity contribution < 1.29 is 23.8 Å². The Morgan fingerprint density at radius 2 is 1.94 bits per heavy atom. The zero-order valence-corrected chi connectivity index (χ0v) is 8.87. The Balaban J connectivity index is 3.16. The highest BCUT2D eigenvalue weighted by Gasteiger charge is 2.35. The summed E-state index contributed by atoms with van der Waals surface area (Å²) in [5.41, 5.74) is -1.72. The molecular formula is C11H12F2O3. The minimum absolute atomic E-state index is 0.0290. The van der Waals surface area contributed by atoms with Crippen molar-refractivity contribution in [1.82, 2.24) is 0 Å². The number of hydrogen-bond donors (Lipinski definition) is 2. The number of rotatable bonds is 3. The molecule has 88 valence electrons. The van der Waals surface area contributed by atoms with E-state index in [1.54, 1.807) is 0 Å². The van der Waals surface area contributed by atoms with Gasteiger partial charge >= 0.3 is 5.97 Å². The van der Waals surface area contributed by atoms with Gasteiger partial charge in [-0.2, -0.15) is 0 Å². The van der Waals surface area contributed by atoms with Gasteiger partial charge in [0, 0.05) is 0 Å². The van der Waals surface area contributed by atoms with Crippen LogP contribution < -0.4 is 0 Å². The minimum atomic E-state index is -1.75. The number of carbonyl (C=O) groups is 1. The summed E-state index contributed by atoms with van der Waals surface area (Å²) in [6, 6.07) is 2.82. The van der Waals surface area contributed by atoms with Gasteiger partial charge in [-0.25, -0.2) is 8.78 Å². The van der Waals surface area contributed by atoms with Gasteiger partial charge in [-0.15, -0.1) is 0 Å². The van der Waals surface area contributed by atoms with Crippen molar-refractivity contribution in [3.05, 3.63) is 35.4 Å². The third kappa shape index (κ3) is 2.19. The van der Waals surface area contributed by atoms with E-state index in [0.717, 1.165) is 18.2 Å². The monoisotopic (exact) mass is 230 g/mol. The first kappa shape index (κ1) is 12.6. The largest absolute Gasteiger partial charge is 0.481 e. The molecule has 0 amide bonds. The molecule has 0 spiro atoms. The van der Waals surface area contributed by atoms with Crippen LogP contribution in [0.4, 0.5) is 8.78 Å². The van der Waals surface area contributed by atoms with E-state index in [2.05, 4.69) is 0 Å². The molecule has 0 saturated carbocycles. The van der Waals surface area contributed by atoms with Crippen molar-refractivity contribution in [1.29, 1.82) is 0 Å². The second-order valence-corrected chi connectivity index (χ2v) is 3.84. The van der Waals surface area contributed by atoms with E-state index in [1.807, 2.05) is 0 Å². The van der Waals surface area contributed by atoms with Crippen LogP contribution >= 0.6 is 0 Å². The van der Waals surface area contributed by atoms with Crippen LogP contribution in [0.1, 0.15) is 19.4 Å². The van der Waals surface area contributed by atoms with Crippen LogP contribution in [0.15, 0.2) is 18.2 Å². The molecule has 2 N–H and O–H groups in total. The Hall–Kier alpha value is -1.49. The van der Waals surface area contributed by atoms with Crippen molar-refractivity contribution in [3.63, 3.8) is 0 Å². The molecule has 0 aliphatic carbocycles. The number of carboxylic acids is 1. The Labute approximate surface area is 91.3 Å². The lowest BCUT2D eigenvalue weighted by molar-refractivity contribution is -0.150. The Morgan fingerprint density at radius 1 is 1.38 bits per heavy atom. The van der Waals surface area contributed by atoms with Gasteiger partial charge in [-0.1, -0.05) is 6.07 Å². The summed E-state index contributed by atoms with van der Waals surface area (Å²) in [7, 11) is 0. The summed E-state index contributed by atoms with van der Waals surface area (Å²) in [5.74, 6) is -4.50. The van der Waals surface area contributed by atoms with Crippen LogP contribution in [0.25, 0.3) is 0 Å². The second kappa shape index (κ2) is 4.17. The first-order valence-corrected chi connectivity index (χ1v) is 4.67. The van der Waals surface area contributed by atoms with Crippen molar-refractivity contribution in [2.45, 2.75) is 19.4 Å². The average molecular weight is 230 g/mol. The van der Waals surface area contributed by atoms with E-state index in [9.17, 15) is 18.7 Å². The number of aliphatic hydroxyl groups is 1. The molecule has 16 heavy (non-hydrogen) atoms. The fourth-order valence-corrected chi connectivity index (χ4v) is 1.30. The molecule has 0 aromatic heterocycles. The summed E-state index contributed by atoms with van der Waals surface area (Å²) in [4.78, 5) is 10.7. The summed E-state index contributed by atoms with van der Waals surface area (Å²) in [6.45, 7) is 2.54. The van der Waals surface area contributed by atoms with Gasteiger partial charge in [0.1, 0.15) is 0 Å². The molecule has 1 aromatic rings. The predicted octanol–water partition coefficient (Wildman–Crippen LogP) is 1.89. The molecule has 0 saturated heterocycles. The predicted molar refractivity (Wildman–Crippen MR) is 52.7 cm³/mol. The molecule has 3 nitrogen and oxygen atoms in total. The first-order valence-electron chi connectivity index (χ1n) is 4.67. The number of hydrogen-bond acceptors (Lipinski definition) is 2. The topological polar surface area (TPSA) is 57.5 Å². The van der Waals surface area contributed by atoms with Crippen molar-refractivity contribution in [2.24, 2.45) is 5.92 Å². The highest BCUT2D eigenvalue weighted by Crippen LogP contribution is 2.30. The van der Waals surface area contributed by atoms with Crippen LogP contribution in [0, 0.1) is 17.6 Å². The highest BCUT2D eigenvalue weighted by molar-refractivity contribution is 5.71. The summed E-state index contributed by atoms with van der Waals surface area (Å²) in [5, 5.41) is 18.7. The Morgan fingerprint density at radius 3 is 2.38 bits per heavy atom. The molecule has 5 heteroatoms. The van der Waals surface area contributed by atoms with Crippen LogP contribution in [0.2, 0.25) is 0 Å². The lowest BCUT2D eigenvalue weighted by Gasteiger charge is -2.27. The van der Waals surface area contributed by atoms with Gasteiger partial charge in [-0.05, 0) is 31.5 Å². The highest BCUT2D eigenvalue weighted by atomic mass is 19.2. The maximum atomic E-state index is 12.9. The van der Waals surface area contributed by atoms with E-state index in [-0.39, 0.29) is 5.56 Å². The van der Waals surface area contributed by atoms with E-state index >= 15 is 0 Å². The summed E-state index contributed by atoms with van der Waals surface area (Å²) >= 11 is 0. The van der Waals surface area contributed by atoms with E-state index in [1.165, 1.54) is 13.8 Å². The Kier molecular flexibility index (Phi) is 3.28. The van der Waals surface area contributed by atoms with Gasteiger partial charge in [0.25, 0.3) is 0 Å². The molecule has 2 unspecified atom stereocenters. The summed E-state index contributed by atoms with van der Waals surface area (Å²) < 4.78 is 25.6. The standard InChI is InChI=1S/C11H12F2O3/c1-6(10(14)15)11(2,16)7-3-4-8(12)9(13)5-7/h3-6,16H,1-2H3,(H,14,15). The van der Waals surface area contributed by atoms with Gasteiger partial charge < -0.3 is 10.2 Å². The fraction of sp³-hybridized carbons (Fsp3) is 0.364. The zero-order chi connectivity index (χ0) is 12.5. The maximum Gasteiger partial charge on any atom is 0.309 e. The molecule has 0 heterocycles. The lowest BCUT2D eigenvalue weighted by Crippen LogP contribution is -2.35. The molecule has 0 aliphatic rings. The number of carboxylic acid groups (broad SMARTS) is 1. The number of halogens is 2. The van der Waals surface area contributed by atoms with Gasteiger partial charge in [0.05, 0.1) is 11.5 Å². The molecule has 0 bridgehead atoms. The van der Waals surface area contributed by atoms with E-state index in [0.29, 0.717) is 0 Å². The third-order valence-corrected chi connectivity index (χ3v) is 2.72. The number of benzene rings is 1. The quantitative estimate of drug-likeness (QED) is 0.833. The van der Waals surface area contributed by atoms with Crippen molar-refractivity contribution in [2.75, 3.05) is 0 Å². The molecule has 0 fully saturated rings. The number of aliphatic carboxylic acids is 1. The average Bonchev–Trinajstić information content (AvgIpc) is 2.20. The van der Waals surface area contributed by atoms with Crippen LogP contribution in [-0.2, 0) is 10.4 Å². The van der Waals surface area contributed by atoms with Crippen LogP contribution in [-0.4, -0.2) is 16.2 Å². The Bertz CT molecular complexity index is 416. The minimum Gasteiger partial charge on any atom is -0.481 e. The normalized spacial score (nSPS) is 16.6. The fourth-order valence-electron chi connectivity index (χ4n) is 1.30. The second-order valence-electron chi connectivity index (χ2n) is 3.84. The van der Waals surface area contributed by atoms with Crippen LogP contribution in [0.3, 0.4) is 0 Å². The molecular weight excluding hydrogens is 218 g/mol. The van der Waals surface area contributed by atoms with Crippen molar-refractivity contribution in [3.8, 4) is 0 Å². The lowest BCUT2D eigenvalue weighted by atomic mass is 9.84. The van der Waals surface area contributed by atoms with Crippen molar-refractivity contribution >= 4 is 5.97 Å². The molecule has 1 aromatic carbocycles. The molecule has 0 aliphatic heterocycles. The SMILES string of the molecule is CC(C(=O)O)C(C)(O)c1ccc(F)c(F)c1. The van der Waals surface area contributed by atoms with Gasteiger partial charge in [0.2, 0.25) is 0 Å². The molecule has 1 rings (SSSR count). The van der Waals surface area contributed by atoms with Gasteiger partial charge in [0.15, 0.2) is 11.6 Å².